The monoisotopic (exact) mass is 492 g/mol. The molecule has 4 aromatic rings. The van der Waals surface area contributed by atoms with E-state index in [9.17, 15) is 9.59 Å². The zero-order chi connectivity index (χ0) is 24.1. The van der Waals surface area contributed by atoms with Crippen LogP contribution in [0, 0.1) is 20.8 Å². The summed E-state index contributed by atoms with van der Waals surface area (Å²) in [4.78, 5) is 34.6. The molecular formula is C26H21ClN2O4S. The standard InChI is InChI=1S/C26H21ClN2O4S/c1-5-9-32-17-8-6-7-16(11-17)22-21-23(30)18-12-19(27)13(2)10-20(18)33-24(21)25(31)29(22)26-28-14(3)15(4)34-26/h5-8,10-12,22H,1,9H2,2-4H3. The summed E-state index contributed by atoms with van der Waals surface area (Å²) in [6, 6.07) is 9.90. The van der Waals surface area contributed by atoms with Gasteiger partial charge in [-0.3, -0.25) is 14.5 Å². The molecule has 0 N–H and O–H groups in total. The van der Waals surface area contributed by atoms with Gasteiger partial charge in [-0.25, -0.2) is 4.98 Å². The number of aromatic nitrogens is 1. The molecule has 3 heterocycles. The Morgan fingerprint density at radius 3 is 2.74 bits per heavy atom. The molecule has 1 aliphatic heterocycles. The molecule has 8 heteroatoms. The first-order chi connectivity index (χ1) is 16.3. The highest BCUT2D eigenvalue weighted by molar-refractivity contribution is 7.15. The van der Waals surface area contributed by atoms with Gasteiger partial charge in [0, 0.05) is 9.90 Å². The number of fused-ring (bicyclic) bond motifs is 2. The minimum atomic E-state index is -0.722. The van der Waals surface area contributed by atoms with Crippen LogP contribution < -0.4 is 15.1 Å². The van der Waals surface area contributed by atoms with Crippen LogP contribution in [0.5, 0.6) is 5.75 Å². The molecule has 0 bridgehead atoms. The third kappa shape index (κ3) is 3.52. The van der Waals surface area contributed by atoms with Crippen LogP contribution in [0.15, 0.2) is 58.3 Å². The predicted octanol–water partition coefficient (Wildman–Crippen LogP) is 6.14. The molecule has 0 aliphatic carbocycles. The third-order valence-electron chi connectivity index (χ3n) is 5.92. The molecular weight excluding hydrogens is 472 g/mol. The molecule has 1 aliphatic rings. The first-order valence-corrected chi connectivity index (χ1v) is 11.9. The summed E-state index contributed by atoms with van der Waals surface area (Å²) in [6.07, 6.45) is 1.65. The summed E-state index contributed by atoms with van der Waals surface area (Å²) in [5, 5.41) is 1.30. The molecule has 34 heavy (non-hydrogen) atoms. The molecule has 1 amide bonds. The molecule has 0 saturated carbocycles. The average molecular weight is 493 g/mol. The Labute approximate surface area is 205 Å². The minimum Gasteiger partial charge on any atom is -0.490 e. The fourth-order valence-electron chi connectivity index (χ4n) is 4.09. The van der Waals surface area contributed by atoms with Crippen molar-refractivity contribution in [2.75, 3.05) is 11.5 Å². The maximum absolute atomic E-state index is 13.8. The summed E-state index contributed by atoms with van der Waals surface area (Å²) in [6.45, 7) is 9.68. The van der Waals surface area contributed by atoms with Gasteiger partial charge in [-0.05, 0) is 56.2 Å². The van der Waals surface area contributed by atoms with Crippen LogP contribution in [0.2, 0.25) is 5.02 Å². The molecule has 0 radical (unpaired) electrons. The summed E-state index contributed by atoms with van der Waals surface area (Å²) in [5.41, 5.74) is 2.61. The summed E-state index contributed by atoms with van der Waals surface area (Å²) in [7, 11) is 0. The number of hydrogen-bond donors (Lipinski definition) is 0. The Balaban J connectivity index is 1.78. The van der Waals surface area contributed by atoms with Crippen molar-refractivity contribution < 1.29 is 13.9 Å². The third-order valence-corrected chi connectivity index (χ3v) is 7.40. The Kier molecular flexibility index (Phi) is 5.54. The number of hydrogen-bond acceptors (Lipinski definition) is 6. The van der Waals surface area contributed by atoms with E-state index in [0.29, 0.717) is 39.0 Å². The van der Waals surface area contributed by atoms with Gasteiger partial charge in [-0.15, -0.1) is 11.3 Å². The first-order valence-electron chi connectivity index (χ1n) is 10.7. The number of carbonyl (C=O) groups excluding carboxylic acids is 1. The lowest BCUT2D eigenvalue weighted by atomic mass is 9.98. The Morgan fingerprint density at radius 2 is 2.03 bits per heavy atom. The summed E-state index contributed by atoms with van der Waals surface area (Å²) in [5.74, 6) is 0.221. The quantitative estimate of drug-likeness (QED) is 0.313. The smallest absolute Gasteiger partial charge is 0.297 e. The molecule has 1 unspecified atom stereocenters. The normalized spacial score (nSPS) is 15.1. The molecule has 0 saturated heterocycles. The topological polar surface area (TPSA) is 72.6 Å². The van der Waals surface area contributed by atoms with Gasteiger partial charge < -0.3 is 9.15 Å². The fourth-order valence-corrected chi connectivity index (χ4v) is 5.19. The van der Waals surface area contributed by atoms with Gasteiger partial charge >= 0.3 is 0 Å². The molecule has 0 fully saturated rings. The second-order valence-corrected chi connectivity index (χ2v) is 9.75. The van der Waals surface area contributed by atoms with Crippen LogP contribution in [0.4, 0.5) is 5.13 Å². The van der Waals surface area contributed by atoms with E-state index in [1.165, 1.54) is 11.3 Å². The number of rotatable bonds is 5. The lowest BCUT2D eigenvalue weighted by Crippen LogP contribution is -2.29. The molecule has 172 valence electrons. The number of carbonyl (C=O) groups is 1. The second-order valence-electron chi connectivity index (χ2n) is 8.16. The van der Waals surface area contributed by atoms with E-state index < -0.39 is 11.9 Å². The average Bonchev–Trinajstić information content (AvgIpc) is 3.30. The van der Waals surface area contributed by atoms with Crippen LogP contribution in [0.1, 0.15) is 43.9 Å². The van der Waals surface area contributed by atoms with Crippen LogP contribution in [0.3, 0.4) is 0 Å². The summed E-state index contributed by atoms with van der Waals surface area (Å²) >= 11 is 7.72. The van der Waals surface area contributed by atoms with Crippen molar-refractivity contribution in [1.29, 1.82) is 0 Å². The maximum Gasteiger partial charge on any atom is 0.297 e. The van der Waals surface area contributed by atoms with Crippen molar-refractivity contribution in [2.24, 2.45) is 0 Å². The van der Waals surface area contributed by atoms with Crippen LogP contribution in [-0.4, -0.2) is 17.5 Å². The SMILES string of the molecule is C=CCOc1cccc(C2c3c(oc4cc(C)c(Cl)cc4c3=O)C(=O)N2c2nc(C)c(C)s2)c1. The van der Waals surface area contributed by atoms with Gasteiger partial charge in [-0.2, -0.15) is 0 Å². The Morgan fingerprint density at radius 1 is 1.24 bits per heavy atom. The minimum absolute atomic E-state index is 0.0205. The number of nitrogens with zero attached hydrogens (tertiary/aromatic N) is 2. The van der Waals surface area contributed by atoms with Crippen molar-refractivity contribution >= 4 is 44.9 Å². The van der Waals surface area contributed by atoms with Crippen molar-refractivity contribution in [3.05, 3.63) is 97.3 Å². The molecule has 5 rings (SSSR count). The van der Waals surface area contributed by atoms with Crippen molar-refractivity contribution in [3.8, 4) is 5.75 Å². The fraction of sp³-hybridized carbons (Fsp3) is 0.192. The number of thiazole rings is 1. The lowest BCUT2D eigenvalue weighted by molar-refractivity contribution is 0.0971. The van der Waals surface area contributed by atoms with E-state index in [1.54, 1.807) is 23.1 Å². The zero-order valence-corrected chi connectivity index (χ0v) is 20.4. The second kappa shape index (κ2) is 8.42. The van der Waals surface area contributed by atoms with E-state index >= 15 is 0 Å². The van der Waals surface area contributed by atoms with Gasteiger partial charge in [-0.1, -0.05) is 36.4 Å². The Hall–Kier alpha value is -3.42. The van der Waals surface area contributed by atoms with E-state index in [-0.39, 0.29) is 16.8 Å². The number of anilines is 1. The van der Waals surface area contributed by atoms with E-state index in [2.05, 4.69) is 11.6 Å². The van der Waals surface area contributed by atoms with Crippen LogP contribution in [-0.2, 0) is 0 Å². The van der Waals surface area contributed by atoms with Crippen molar-refractivity contribution in [3.63, 3.8) is 0 Å². The van der Waals surface area contributed by atoms with Gasteiger partial charge in [0.2, 0.25) is 5.76 Å². The number of aryl methyl sites for hydroxylation is 3. The molecule has 6 nitrogen and oxygen atoms in total. The van der Waals surface area contributed by atoms with Gasteiger partial charge in [0.1, 0.15) is 17.9 Å². The largest absolute Gasteiger partial charge is 0.490 e. The lowest BCUT2D eigenvalue weighted by Gasteiger charge is -2.23. The van der Waals surface area contributed by atoms with Gasteiger partial charge in [0.25, 0.3) is 5.91 Å². The number of halogens is 1. The first kappa shape index (κ1) is 22.4. The number of amides is 1. The molecule has 1 atom stereocenters. The predicted molar refractivity (Wildman–Crippen MR) is 135 cm³/mol. The van der Waals surface area contributed by atoms with Crippen LogP contribution >= 0.6 is 22.9 Å². The molecule has 0 spiro atoms. The zero-order valence-electron chi connectivity index (χ0n) is 18.8. The van der Waals surface area contributed by atoms with Crippen molar-refractivity contribution in [2.45, 2.75) is 26.8 Å². The van der Waals surface area contributed by atoms with Crippen molar-refractivity contribution in [1.82, 2.24) is 4.98 Å². The van der Waals surface area contributed by atoms with E-state index in [4.69, 9.17) is 20.8 Å². The molecule has 2 aromatic heterocycles. The Bertz CT molecular complexity index is 1520. The van der Waals surface area contributed by atoms with E-state index in [0.717, 1.165) is 16.1 Å². The van der Waals surface area contributed by atoms with E-state index in [1.807, 2.05) is 45.0 Å². The van der Waals surface area contributed by atoms with Gasteiger partial charge in [0.05, 0.1) is 22.7 Å². The van der Waals surface area contributed by atoms with Gasteiger partial charge in [0.15, 0.2) is 10.6 Å². The summed E-state index contributed by atoms with van der Waals surface area (Å²) < 4.78 is 11.8. The highest BCUT2D eigenvalue weighted by Crippen LogP contribution is 2.43. The number of benzene rings is 2. The number of ether oxygens (including phenoxy) is 1. The molecule has 2 aromatic carbocycles. The van der Waals surface area contributed by atoms with Crippen LogP contribution in [0.25, 0.3) is 11.0 Å². The maximum atomic E-state index is 13.8. The highest BCUT2D eigenvalue weighted by atomic mass is 35.5. The highest BCUT2D eigenvalue weighted by Gasteiger charge is 2.45.